The Labute approximate surface area is 78.1 Å². The van der Waals surface area contributed by atoms with Crippen LogP contribution in [0.5, 0.6) is 0 Å². The molecule has 0 saturated carbocycles. The molecule has 4 heteroatoms. The van der Waals surface area contributed by atoms with Crippen LogP contribution in [0.1, 0.15) is 33.1 Å². The molecule has 0 aromatic heterocycles. The summed E-state index contributed by atoms with van der Waals surface area (Å²) in [5, 5.41) is 5.40. The lowest BCUT2D eigenvalue weighted by molar-refractivity contribution is -0.125. The van der Waals surface area contributed by atoms with Crippen molar-refractivity contribution in [1.82, 2.24) is 10.6 Å². The summed E-state index contributed by atoms with van der Waals surface area (Å²) in [4.78, 5) is 22.0. The van der Waals surface area contributed by atoms with Gasteiger partial charge in [-0.15, -0.1) is 0 Å². The van der Waals surface area contributed by atoms with Crippen LogP contribution >= 0.6 is 0 Å². The largest absolute Gasteiger partial charge is 0.303 e. The van der Waals surface area contributed by atoms with Gasteiger partial charge in [0.15, 0.2) is 0 Å². The Morgan fingerprint density at radius 2 is 2.31 bits per heavy atom. The highest BCUT2D eigenvalue weighted by atomic mass is 16.2. The first kappa shape index (κ1) is 10.2. The van der Waals surface area contributed by atoms with Crippen molar-refractivity contribution in [3.05, 3.63) is 0 Å². The van der Waals surface area contributed by atoms with E-state index in [1.54, 1.807) is 0 Å². The Bertz CT molecular complexity index is 216. The van der Waals surface area contributed by atoms with Gasteiger partial charge in [-0.25, -0.2) is 0 Å². The van der Waals surface area contributed by atoms with E-state index in [4.69, 9.17) is 0 Å². The van der Waals surface area contributed by atoms with Gasteiger partial charge < -0.3 is 5.32 Å². The van der Waals surface area contributed by atoms with E-state index in [2.05, 4.69) is 17.6 Å². The molecule has 0 bridgehead atoms. The zero-order valence-electron chi connectivity index (χ0n) is 8.09. The van der Waals surface area contributed by atoms with Gasteiger partial charge in [0.25, 0.3) is 0 Å². The molecule has 2 atom stereocenters. The molecule has 1 fully saturated rings. The van der Waals surface area contributed by atoms with Crippen molar-refractivity contribution >= 4 is 11.8 Å². The highest BCUT2D eigenvalue weighted by Crippen LogP contribution is 2.04. The lowest BCUT2D eigenvalue weighted by Crippen LogP contribution is -2.41. The lowest BCUT2D eigenvalue weighted by atomic mass is 10.1. The van der Waals surface area contributed by atoms with E-state index >= 15 is 0 Å². The van der Waals surface area contributed by atoms with Crippen molar-refractivity contribution in [3.63, 3.8) is 0 Å². The van der Waals surface area contributed by atoms with Crippen molar-refractivity contribution < 1.29 is 9.59 Å². The van der Waals surface area contributed by atoms with Gasteiger partial charge in [0.05, 0.1) is 12.5 Å². The van der Waals surface area contributed by atoms with Gasteiger partial charge in [-0.05, 0) is 13.3 Å². The summed E-state index contributed by atoms with van der Waals surface area (Å²) in [5.41, 5.74) is 0. The van der Waals surface area contributed by atoms with Crippen LogP contribution in [0.4, 0.5) is 0 Å². The maximum absolute atomic E-state index is 11.1. The average Bonchev–Trinajstić information content (AvgIpc) is 2.30. The van der Waals surface area contributed by atoms with Crippen LogP contribution in [0, 0.1) is 0 Å². The Kier molecular flexibility index (Phi) is 3.42. The van der Waals surface area contributed by atoms with Crippen LogP contribution in [0.2, 0.25) is 0 Å². The van der Waals surface area contributed by atoms with Gasteiger partial charge in [-0.3, -0.25) is 14.9 Å². The predicted octanol–water partition coefficient (Wildman–Crippen LogP) is 0.180. The summed E-state index contributed by atoms with van der Waals surface area (Å²) in [6, 6.07) is -0.0132. The van der Waals surface area contributed by atoms with Crippen LogP contribution in [0.3, 0.4) is 0 Å². The van der Waals surface area contributed by atoms with E-state index in [9.17, 15) is 9.59 Å². The molecule has 0 aromatic rings. The van der Waals surface area contributed by atoms with E-state index in [-0.39, 0.29) is 24.3 Å². The van der Waals surface area contributed by atoms with Gasteiger partial charge in [0.1, 0.15) is 0 Å². The second-order valence-electron chi connectivity index (χ2n) is 3.53. The Morgan fingerprint density at radius 3 is 2.77 bits per heavy atom. The fourth-order valence-electron chi connectivity index (χ4n) is 1.55. The van der Waals surface area contributed by atoms with Crippen molar-refractivity contribution in [2.24, 2.45) is 0 Å². The van der Waals surface area contributed by atoms with Gasteiger partial charge in [-0.2, -0.15) is 0 Å². The van der Waals surface area contributed by atoms with Crippen LogP contribution < -0.4 is 10.6 Å². The molecule has 1 aliphatic rings. The molecule has 0 aromatic carbocycles. The minimum absolute atomic E-state index is 0.175. The number of hydrogen-bond donors (Lipinski definition) is 2. The molecule has 2 unspecified atom stereocenters. The van der Waals surface area contributed by atoms with Gasteiger partial charge in [0, 0.05) is 6.04 Å². The molecule has 2 N–H and O–H groups in total. The molecular weight excluding hydrogens is 168 g/mol. The van der Waals surface area contributed by atoms with Crippen molar-refractivity contribution in [1.29, 1.82) is 0 Å². The third-order valence-corrected chi connectivity index (χ3v) is 2.18. The Hall–Kier alpha value is -0.900. The molecule has 1 aliphatic heterocycles. The minimum atomic E-state index is -0.311. The summed E-state index contributed by atoms with van der Waals surface area (Å²) in [6.45, 7) is 4.12. The highest BCUT2D eigenvalue weighted by Gasteiger charge is 2.30. The van der Waals surface area contributed by atoms with E-state index in [0.29, 0.717) is 6.04 Å². The average molecular weight is 184 g/mol. The highest BCUT2D eigenvalue weighted by molar-refractivity contribution is 6.05. The fourth-order valence-corrected chi connectivity index (χ4v) is 1.55. The molecule has 1 heterocycles. The molecule has 0 radical (unpaired) electrons. The zero-order chi connectivity index (χ0) is 9.84. The number of nitrogens with one attached hydrogen (secondary N) is 2. The molecule has 0 spiro atoms. The summed E-state index contributed by atoms with van der Waals surface area (Å²) < 4.78 is 0. The number of carbonyl (C=O) groups is 2. The van der Waals surface area contributed by atoms with Crippen molar-refractivity contribution in [2.45, 2.75) is 45.2 Å². The smallest absolute Gasteiger partial charge is 0.244 e. The fraction of sp³-hybridized carbons (Fsp3) is 0.778. The van der Waals surface area contributed by atoms with Gasteiger partial charge in [0.2, 0.25) is 11.8 Å². The maximum Gasteiger partial charge on any atom is 0.244 e. The zero-order valence-corrected chi connectivity index (χ0v) is 8.09. The molecule has 1 saturated heterocycles. The Morgan fingerprint density at radius 1 is 1.62 bits per heavy atom. The number of imide groups is 1. The molecule has 13 heavy (non-hydrogen) atoms. The van der Waals surface area contributed by atoms with Crippen molar-refractivity contribution in [2.75, 3.05) is 0 Å². The second kappa shape index (κ2) is 4.37. The molecule has 0 aliphatic carbocycles. The molecule has 4 nitrogen and oxygen atoms in total. The lowest BCUT2D eigenvalue weighted by Gasteiger charge is -2.15. The molecule has 2 amide bonds. The van der Waals surface area contributed by atoms with E-state index in [1.165, 1.54) is 0 Å². The number of hydrogen-bond acceptors (Lipinski definition) is 3. The topological polar surface area (TPSA) is 58.2 Å². The van der Waals surface area contributed by atoms with E-state index in [1.807, 2.05) is 6.92 Å². The molecular formula is C9H16N2O2. The summed E-state index contributed by atoms with van der Waals surface area (Å²) in [6.07, 6.45) is 2.39. The molecule has 1 rings (SSSR count). The van der Waals surface area contributed by atoms with E-state index < -0.39 is 0 Å². The van der Waals surface area contributed by atoms with Crippen LogP contribution in [0.15, 0.2) is 0 Å². The normalized spacial score (nSPS) is 24.6. The maximum atomic E-state index is 11.1. The van der Waals surface area contributed by atoms with Crippen LogP contribution in [-0.2, 0) is 9.59 Å². The predicted molar refractivity (Wildman–Crippen MR) is 49.1 cm³/mol. The number of carbonyl (C=O) groups excluding carboxylic acids is 2. The monoisotopic (exact) mass is 184 g/mol. The van der Waals surface area contributed by atoms with Crippen LogP contribution in [-0.4, -0.2) is 23.9 Å². The number of amides is 2. The van der Waals surface area contributed by atoms with Crippen molar-refractivity contribution in [3.8, 4) is 0 Å². The second-order valence-corrected chi connectivity index (χ2v) is 3.53. The SMILES string of the molecule is CCCC(C)NC1CC(=O)NC1=O. The summed E-state index contributed by atoms with van der Waals surface area (Å²) >= 11 is 0. The van der Waals surface area contributed by atoms with Gasteiger partial charge in [-0.1, -0.05) is 13.3 Å². The minimum Gasteiger partial charge on any atom is -0.303 e. The Balaban J connectivity index is 2.36. The third kappa shape index (κ3) is 2.81. The first-order valence-electron chi connectivity index (χ1n) is 4.73. The van der Waals surface area contributed by atoms with Gasteiger partial charge >= 0.3 is 0 Å². The van der Waals surface area contributed by atoms with E-state index in [0.717, 1.165) is 12.8 Å². The number of rotatable bonds is 4. The quantitative estimate of drug-likeness (QED) is 0.613. The first-order chi connectivity index (χ1) is 6.13. The standard InChI is InChI=1S/C9H16N2O2/c1-3-4-6(2)10-7-5-8(12)11-9(7)13/h6-7,10H,3-5H2,1-2H3,(H,11,12,13). The first-order valence-corrected chi connectivity index (χ1v) is 4.73. The third-order valence-electron chi connectivity index (χ3n) is 2.18. The summed E-state index contributed by atoms with van der Waals surface area (Å²) in [7, 11) is 0. The summed E-state index contributed by atoms with van der Waals surface area (Å²) in [5.74, 6) is -0.362. The molecule has 74 valence electrons. The van der Waals surface area contributed by atoms with Crippen LogP contribution in [0.25, 0.3) is 0 Å².